The smallest absolute Gasteiger partial charge is 0.387 e. The van der Waals surface area contributed by atoms with Crippen molar-refractivity contribution in [3.8, 4) is 0 Å². The van der Waals surface area contributed by atoms with Crippen LogP contribution in [0.5, 0.6) is 0 Å². The minimum Gasteiger partial charge on any atom is -0.387 e. The molecular formula is C64H106N2O6P+. The van der Waals surface area contributed by atoms with Crippen LogP contribution in [0.15, 0.2) is 158 Å². The molecule has 0 spiro atoms. The standard InChI is InChI=1S/C64H105N2O6P/c1-6-8-10-12-14-16-18-20-21-22-23-24-25-26-27-28-29-30-31-32-33-34-35-36-37-38-39-40-41-42-43-44-45-46-48-50-52-54-56-58-64(68)65-62(61-72-73(69,70)71-60-59-66(3,4)5)63(67)57-55-53-51-49-47-19-17-15-13-11-9-7-2/h8,10,14,16,20-21,23-24,26-27,29-30,32-33,35-36,38-39,41-42,44-45,48,50,55,57,62-63,67H,6-7,9,11-13,15,17-19,22,25,28,31,34,37,40,43,46-47,49,51-54,56,58-61H2,1-5H3,(H-,65,68,69,70)/p+1/b10-8-,16-14-,21-20-,24-23-,27-26-,30-29-,33-32-,36-35-,39-38-,42-41-,45-44-,50-48-,57-55+. The minimum atomic E-state index is -4.36. The topological polar surface area (TPSA) is 105 Å². The lowest BCUT2D eigenvalue weighted by Crippen LogP contribution is -2.45. The summed E-state index contributed by atoms with van der Waals surface area (Å²) >= 11 is 0. The molecule has 0 aromatic carbocycles. The van der Waals surface area contributed by atoms with E-state index in [1.54, 1.807) is 6.08 Å². The lowest BCUT2D eigenvalue weighted by molar-refractivity contribution is -0.870. The maximum absolute atomic E-state index is 12.9. The van der Waals surface area contributed by atoms with Crippen LogP contribution in [0.25, 0.3) is 0 Å². The molecule has 9 heteroatoms. The molecule has 0 heterocycles. The van der Waals surface area contributed by atoms with Gasteiger partial charge in [0.1, 0.15) is 13.2 Å². The van der Waals surface area contributed by atoms with Gasteiger partial charge >= 0.3 is 7.82 Å². The van der Waals surface area contributed by atoms with E-state index in [9.17, 15) is 19.4 Å². The van der Waals surface area contributed by atoms with Crippen molar-refractivity contribution in [1.82, 2.24) is 5.32 Å². The Morgan fingerprint density at radius 1 is 0.479 bits per heavy atom. The van der Waals surface area contributed by atoms with E-state index in [0.29, 0.717) is 23.9 Å². The molecule has 0 bridgehead atoms. The monoisotopic (exact) mass is 1030 g/mol. The van der Waals surface area contributed by atoms with Crippen LogP contribution in [-0.2, 0) is 18.4 Å². The normalized spacial score (nSPS) is 15.1. The zero-order chi connectivity index (χ0) is 53.5. The van der Waals surface area contributed by atoms with E-state index in [2.05, 4.69) is 165 Å². The Kier molecular flexibility index (Phi) is 50.1. The average molecular weight is 1030 g/mol. The Balaban J connectivity index is 4.25. The number of phosphoric acid groups is 1. The van der Waals surface area contributed by atoms with E-state index in [0.717, 1.165) is 109 Å². The Labute approximate surface area is 448 Å². The second-order valence-electron chi connectivity index (χ2n) is 19.6. The Bertz CT molecular complexity index is 1740. The van der Waals surface area contributed by atoms with Gasteiger partial charge in [-0.05, 0) is 109 Å². The summed E-state index contributed by atoms with van der Waals surface area (Å²) in [5.41, 5.74) is 0. The van der Waals surface area contributed by atoms with E-state index in [1.807, 2.05) is 27.2 Å². The Morgan fingerprint density at radius 3 is 1.21 bits per heavy atom. The van der Waals surface area contributed by atoms with Crippen LogP contribution in [0, 0.1) is 0 Å². The number of likely N-dealkylation sites (N-methyl/N-ethyl adjacent to an activating group) is 1. The van der Waals surface area contributed by atoms with Crippen LogP contribution in [0.3, 0.4) is 0 Å². The number of allylic oxidation sites excluding steroid dienone is 25. The molecule has 0 saturated carbocycles. The van der Waals surface area contributed by atoms with Crippen LogP contribution in [0.4, 0.5) is 0 Å². The quantitative estimate of drug-likeness (QED) is 0.0243. The van der Waals surface area contributed by atoms with Gasteiger partial charge in [-0.25, -0.2) is 4.57 Å². The fourth-order valence-corrected chi connectivity index (χ4v) is 7.82. The zero-order valence-electron chi connectivity index (χ0n) is 46.8. The molecule has 0 rings (SSSR count). The average Bonchev–Trinajstić information content (AvgIpc) is 3.35. The molecule has 0 aliphatic carbocycles. The number of hydrogen-bond donors (Lipinski definition) is 3. The molecule has 73 heavy (non-hydrogen) atoms. The first-order chi connectivity index (χ1) is 35.5. The zero-order valence-corrected chi connectivity index (χ0v) is 47.7. The first-order valence-electron chi connectivity index (χ1n) is 28.4. The number of aliphatic hydroxyl groups excluding tert-OH is 1. The molecule has 3 N–H and O–H groups in total. The van der Waals surface area contributed by atoms with Crippen LogP contribution in [0.2, 0.25) is 0 Å². The van der Waals surface area contributed by atoms with Gasteiger partial charge in [0.25, 0.3) is 0 Å². The van der Waals surface area contributed by atoms with E-state index in [1.165, 1.54) is 51.4 Å². The van der Waals surface area contributed by atoms with Gasteiger partial charge < -0.3 is 19.8 Å². The predicted octanol–water partition coefficient (Wildman–Crippen LogP) is 17.5. The van der Waals surface area contributed by atoms with Crippen LogP contribution in [0.1, 0.15) is 187 Å². The van der Waals surface area contributed by atoms with Gasteiger partial charge in [-0.2, -0.15) is 0 Å². The third-order valence-corrected chi connectivity index (χ3v) is 12.5. The molecule has 1 amide bonds. The van der Waals surface area contributed by atoms with Crippen molar-refractivity contribution >= 4 is 13.7 Å². The van der Waals surface area contributed by atoms with Crippen LogP contribution < -0.4 is 5.32 Å². The molecule has 3 unspecified atom stereocenters. The van der Waals surface area contributed by atoms with E-state index in [-0.39, 0.29) is 19.1 Å². The second-order valence-corrected chi connectivity index (χ2v) is 21.0. The van der Waals surface area contributed by atoms with Gasteiger partial charge in [0.15, 0.2) is 0 Å². The molecule has 3 atom stereocenters. The minimum absolute atomic E-state index is 0.0441. The first-order valence-corrected chi connectivity index (χ1v) is 29.9. The summed E-state index contributed by atoms with van der Waals surface area (Å²) in [6, 6.07) is -0.881. The van der Waals surface area contributed by atoms with Crippen molar-refractivity contribution in [1.29, 1.82) is 0 Å². The number of carbonyl (C=O) groups excluding carboxylic acids is 1. The third kappa shape index (κ3) is 55.7. The highest BCUT2D eigenvalue weighted by molar-refractivity contribution is 7.47. The molecule has 0 aliphatic rings. The van der Waals surface area contributed by atoms with Crippen molar-refractivity contribution in [2.24, 2.45) is 0 Å². The molecule has 0 saturated heterocycles. The molecule has 0 fully saturated rings. The van der Waals surface area contributed by atoms with Crippen LogP contribution in [-0.4, -0.2) is 73.4 Å². The number of amides is 1. The molecule has 0 aliphatic heterocycles. The Hall–Kier alpha value is -3.88. The number of rotatable bonds is 49. The fraction of sp³-hybridized carbons (Fsp3) is 0.578. The lowest BCUT2D eigenvalue weighted by Gasteiger charge is -2.25. The largest absolute Gasteiger partial charge is 0.472 e. The number of phosphoric ester groups is 1. The molecule has 0 aromatic rings. The van der Waals surface area contributed by atoms with E-state index >= 15 is 0 Å². The number of quaternary nitrogens is 1. The Morgan fingerprint density at radius 2 is 0.822 bits per heavy atom. The van der Waals surface area contributed by atoms with E-state index < -0.39 is 20.0 Å². The number of hydrogen-bond acceptors (Lipinski definition) is 5. The van der Waals surface area contributed by atoms with Crippen molar-refractivity contribution in [2.45, 2.75) is 199 Å². The van der Waals surface area contributed by atoms with Gasteiger partial charge in [-0.15, -0.1) is 0 Å². The van der Waals surface area contributed by atoms with Crippen molar-refractivity contribution in [3.63, 3.8) is 0 Å². The highest BCUT2D eigenvalue weighted by Gasteiger charge is 2.27. The van der Waals surface area contributed by atoms with Crippen LogP contribution >= 0.6 is 7.82 Å². The van der Waals surface area contributed by atoms with Crippen molar-refractivity contribution in [2.75, 3.05) is 40.9 Å². The maximum atomic E-state index is 12.9. The number of unbranched alkanes of at least 4 members (excludes halogenated alkanes) is 12. The van der Waals surface area contributed by atoms with Gasteiger partial charge in [0, 0.05) is 6.42 Å². The summed E-state index contributed by atoms with van der Waals surface area (Å²) in [6.07, 6.45) is 83.5. The molecular weight excluding hydrogens is 924 g/mol. The molecule has 8 nitrogen and oxygen atoms in total. The van der Waals surface area contributed by atoms with Crippen molar-refractivity contribution < 1.29 is 32.9 Å². The molecule has 0 aromatic heterocycles. The van der Waals surface area contributed by atoms with E-state index in [4.69, 9.17) is 9.05 Å². The number of carbonyl (C=O) groups is 1. The highest BCUT2D eigenvalue weighted by atomic mass is 31.2. The molecule has 412 valence electrons. The number of nitrogens with one attached hydrogen (secondary N) is 1. The summed E-state index contributed by atoms with van der Waals surface area (Å²) < 4.78 is 23.6. The summed E-state index contributed by atoms with van der Waals surface area (Å²) in [5.74, 6) is -0.228. The third-order valence-electron chi connectivity index (χ3n) is 11.5. The summed E-state index contributed by atoms with van der Waals surface area (Å²) in [4.78, 5) is 23.2. The highest BCUT2D eigenvalue weighted by Crippen LogP contribution is 2.43. The van der Waals surface area contributed by atoms with Gasteiger partial charge in [-0.3, -0.25) is 13.8 Å². The maximum Gasteiger partial charge on any atom is 0.472 e. The van der Waals surface area contributed by atoms with Crippen molar-refractivity contribution in [3.05, 3.63) is 158 Å². The number of aliphatic hydroxyl groups is 1. The van der Waals surface area contributed by atoms with Gasteiger partial charge in [0.2, 0.25) is 5.91 Å². The second kappa shape index (κ2) is 53.0. The van der Waals surface area contributed by atoms with Gasteiger partial charge in [0.05, 0.1) is 39.9 Å². The predicted molar refractivity (Wildman–Crippen MR) is 317 cm³/mol. The lowest BCUT2D eigenvalue weighted by atomic mass is 10.1. The first kappa shape index (κ1) is 69.1. The molecule has 0 radical (unpaired) electrons. The SMILES string of the molecule is CC/C=C\C/C=C\C/C=C\C/C=C\C/C=C\C/C=C\C/C=C\C/C=C\C/C=C\C/C=C\C/C=C\C/C=C\CCCCC(=O)NC(COP(=O)(O)OCC[N+](C)(C)C)C(O)/C=C/CCCCCCCCCCCC. The summed E-state index contributed by atoms with van der Waals surface area (Å²) in [5, 5.41) is 13.8. The van der Waals surface area contributed by atoms with Gasteiger partial charge in [-0.1, -0.05) is 230 Å². The number of nitrogens with zero attached hydrogens (tertiary/aromatic N) is 1. The fourth-order valence-electron chi connectivity index (χ4n) is 7.08. The summed E-state index contributed by atoms with van der Waals surface area (Å²) in [7, 11) is 1.52. The summed E-state index contributed by atoms with van der Waals surface area (Å²) in [6.45, 7) is 4.62.